The van der Waals surface area contributed by atoms with Crippen molar-refractivity contribution in [2.24, 2.45) is 0 Å². The summed E-state index contributed by atoms with van der Waals surface area (Å²) in [4.78, 5) is 0. The molecule has 0 heterocycles. The van der Waals surface area contributed by atoms with E-state index in [1.54, 1.807) is 0 Å². The predicted molar refractivity (Wildman–Crippen MR) is 93.1 cm³/mol. The molecule has 1 N–H and O–H groups in total. The fourth-order valence-corrected chi connectivity index (χ4v) is 2.58. The Bertz CT molecular complexity index is 623. The fraction of sp³-hybridized carbons (Fsp3) is 0.333. The van der Waals surface area contributed by atoms with Crippen LogP contribution in [0.5, 0.6) is 5.75 Å². The second-order valence-corrected chi connectivity index (χ2v) is 6.44. The third-order valence-electron chi connectivity index (χ3n) is 3.36. The lowest BCUT2D eigenvalue weighted by atomic mass is 10.1. The van der Waals surface area contributed by atoms with Gasteiger partial charge in [0.25, 0.3) is 0 Å². The Hall–Kier alpha value is -1.48. The van der Waals surface area contributed by atoms with Gasteiger partial charge in [0.2, 0.25) is 0 Å². The van der Waals surface area contributed by atoms with Crippen LogP contribution in [0.25, 0.3) is 0 Å². The molecule has 0 saturated carbocycles. The van der Waals surface area contributed by atoms with Crippen LogP contribution in [0.15, 0.2) is 40.9 Å². The van der Waals surface area contributed by atoms with Crippen LogP contribution in [0.3, 0.4) is 0 Å². The first kappa shape index (κ1) is 15.9. The third kappa shape index (κ3) is 4.50. The van der Waals surface area contributed by atoms with Crippen LogP contribution in [0, 0.1) is 13.8 Å². The molecule has 2 rings (SSSR count). The van der Waals surface area contributed by atoms with Crippen LogP contribution < -0.4 is 10.1 Å². The third-order valence-corrected chi connectivity index (χ3v) is 3.98. The lowest BCUT2D eigenvalue weighted by Crippen LogP contribution is -2.06. The molecule has 0 saturated heterocycles. The Morgan fingerprint density at radius 1 is 1.05 bits per heavy atom. The molecule has 112 valence electrons. The summed E-state index contributed by atoms with van der Waals surface area (Å²) >= 11 is 3.57. The molecule has 0 unspecified atom stereocenters. The summed E-state index contributed by atoms with van der Waals surface area (Å²) in [5.74, 6) is 0.889. The summed E-state index contributed by atoms with van der Waals surface area (Å²) in [6, 6.07) is 12.7. The van der Waals surface area contributed by atoms with Gasteiger partial charge in [-0.15, -0.1) is 0 Å². The predicted octanol–water partition coefficient (Wildman–Crippen LogP) is 5.47. The molecule has 0 atom stereocenters. The molecule has 0 aliphatic heterocycles. The Kier molecular flexibility index (Phi) is 5.29. The van der Waals surface area contributed by atoms with Crippen molar-refractivity contribution in [3.63, 3.8) is 0 Å². The van der Waals surface area contributed by atoms with Gasteiger partial charge in [-0.05, 0) is 84.6 Å². The standard InChI is InChI=1S/C18H22BrNO/c1-12(2)21-18-8-6-15(10-17(18)19)11-20-16-7-5-13(3)14(4)9-16/h5-10,12,20H,11H2,1-4H3. The minimum Gasteiger partial charge on any atom is -0.490 e. The Morgan fingerprint density at radius 3 is 2.43 bits per heavy atom. The van der Waals surface area contributed by atoms with E-state index in [1.807, 2.05) is 19.9 Å². The van der Waals surface area contributed by atoms with Crippen molar-refractivity contribution < 1.29 is 4.74 Å². The molecule has 0 radical (unpaired) electrons. The lowest BCUT2D eigenvalue weighted by Gasteiger charge is -2.13. The fourth-order valence-electron chi connectivity index (χ4n) is 2.06. The largest absolute Gasteiger partial charge is 0.490 e. The lowest BCUT2D eigenvalue weighted by molar-refractivity contribution is 0.241. The Balaban J connectivity index is 2.03. The zero-order valence-electron chi connectivity index (χ0n) is 13.0. The van der Waals surface area contributed by atoms with Crippen molar-refractivity contribution in [3.05, 3.63) is 57.6 Å². The van der Waals surface area contributed by atoms with Gasteiger partial charge in [0.1, 0.15) is 5.75 Å². The average molecular weight is 348 g/mol. The average Bonchev–Trinajstić information content (AvgIpc) is 2.42. The highest BCUT2D eigenvalue weighted by Gasteiger charge is 2.05. The van der Waals surface area contributed by atoms with Crippen molar-refractivity contribution in [1.29, 1.82) is 0 Å². The molecule has 0 amide bonds. The maximum absolute atomic E-state index is 5.72. The number of benzene rings is 2. The zero-order valence-corrected chi connectivity index (χ0v) is 14.6. The maximum Gasteiger partial charge on any atom is 0.133 e. The van der Waals surface area contributed by atoms with Crippen molar-refractivity contribution in [3.8, 4) is 5.75 Å². The van der Waals surface area contributed by atoms with Crippen molar-refractivity contribution in [1.82, 2.24) is 0 Å². The molecule has 21 heavy (non-hydrogen) atoms. The van der Waals surface area contributed by atoms with Gasteiger partial charge in [-0.25, -0.2) is 0 Å². The van der Waals surface area contributed by atoms with E-state index in [1.165, 1.54) is 16.7 Å². The summed E-state index contributed by atoms with van der Waals surface area (Å²) in [6.07, 6.45) is 0.181. The van der Waals surface area contributed by atoms with E-state index < -0.39 is 0 Å². The molecule has 0 fully saturated rings. The van der Waals surface area contributed by atoms with Gasteiger partial charge in [-0.3, -0.25) is 0 Å². The molecular weight excluding hydrogens is 326 g/mol. The Morgan fingerprint density at radius 2 is 1.81 bits per heavy atom. The number of hydrogen-bond donors (Lipinski definition) is 1. The molecule has 2 aromatic carbocycles. The molecule has 0 bridgehead atoms. The minimum atomic E-state index is 0.181. The molecule has 2 aromatic rings. The molecule has 2 nitrogen and oxygen atoms in total. The molecular formula is C18H22BrNO. The number of ether oxygens (including phenoxy) is 1. The van der Waals surface area contributed by atoms with E-state index in [4.69, 9.17) is 4.74 Å². The van der Waals surface area contributed by atoms with Gasteiger partial charge >= 0.3 is 0 Å². The van der Waals surface area contributed by atoms with Crippen LogP contribution in [0.1, 0.15) is 30.5 Å². The van der Waals surface area contributed by atoms with E-state index >= 15 is 0 Å². The van der Waals surface area contributed by atoms with E-state index in [2.05, 4.69) is 65.4 Å². The van der Waals surface area contributed by atoms with Crippen molar-refractivity contribution in [2.75, 3.05) is 5.32 Å². The summed E-state index contributed by atoms with van der Waals surface area (Å²) in [6.45, 7) is 9.12. The second kappa shape index (κ2) is 6.99. The van der Waals surface area contributed by atoms with Gasteiger partial charge in [-0.1, -0.05) is 12.1 Å². The monoisotopic (exact) mass is 347 g/mol. The first-order valence-corrected chi connectivity index (χ1v) is 8.01. The summed E-state index contributed by atoms with van der Waals surface area (Å²) < 4.78 is 6.72. The number of hydrogen-bond acceptors (Lipinski definition) is 2. The normalized spacial score (nSPS) is 10.8. The van der Waals surface area contributed by atoms with Crippen LogP contribution in [0.2, 0.25) is 0 Å². The van der Waals surface area contributed by atoms with E-state index in [-0.39, 0.29) is 6.10 Å². The molecule has 3 heteroatoms. The van der Waals surface area contributed by atoms with E-state index in [9.17, 15) is 0 Å². The van der Waals surface area contributed by atoms with Crippen LogP contribution in [-0.2, 0) is 6.54 Å². The minimum absolute atomic E-state index is 0.181. The highest BCUT2D eigenvalue weighted by atomic mass is 79.9. The smallest absolute Gasteiger partial charge is 0.133 e. The summed E-state index contributed by atoms with van der Waals surface area (Å²) in [5.41, 5.74) is 4.99. The maximum atomic E-state index is 5.72. The highest BCUT2D eigenvalue weighted by Crippen LogP contribution is 2.27. The number of aryl methyl sites for hydroxylation is 2. The van der Waals surface area contributed by atoms with Gasteiger partial charge in [-0.2, -0.15) is 0 Å². The van der Waals surface area contributed by atoms with Gasteiger partial charge in [0.15, 0.2) is 0 Å². The van der Waals surface area contributed by atoms with Gasteiger partial charge < -0.3 is 10.1 Å². The number of nitrogens with one attached hydrogen (secondary N) is 1. The number of rotatable bonds is 5. The number of halogens is 1. The van der Waals surface area contributed by atoms with Gasteiger partial charge in [0.05, 0.1) is 10.6 Å². The molecule has 0 aromatic heterocycles. The SMILES string of the molecule is Cc1ccc(NCc2ccc(OC(C)C)c(Br)c2)cc1C. The molecule has 0 aliphatic carbocycles. The number of anilines is 1. The van der Waals surface area contributed by atoms with E-state index in [0.29, 0.717) is 0 Å². The first-order chi connectivity index (χ1) is 9.95. The highest BCUT2D eigenvalue weighted by molar-refractivity contribution is 9.10. The quantitative estimate of drug-likeness (QED) is 0.774. The van der Waals surface area contributed by atoms with Crippen molar-refractivity contribution in [2.45, 2.75) is 40.3 Å². The first-order valence-electron chi connectivity index (χ1n) is 7.22. The van der Waals surface area contributed by atoms with Crippen LogP contribution in [0.4, 0.5) is 5.69 Å². The summed E-state index contributed by atoms with van der Waals surface area (Å²) in [5, 5.41) is 3.45. The van der Waals surface area contributed by atoms with Crippen LogP contribution in [-0.4, -0.2) is 6.10 Å². The van der Waals surface area contributed by atoms with Gasteiger partial charge in [0, 0.05) is 12.2 Å². The molecule has 0 aliphatic rings. The Labute approximate surface area is 135 Å². The zero-order chi connectivity index (χ0) is 15.4. The second-order valence-electron chi connectivity index (χ2n) is 5.58. The summed E-state index contributed by atoms with van der Waals surface area (Å²) in [7, 11) is 0. The molecule has 0 spiro atoms. The van der Waals surface area contributed by atoms with E-state index in [0.717, 1.165) is 22.5 Å². The van der Waals surface area contributed by atoms with Crippen molar-refractivity contribution >= 4 is 21.6 Å². The topological polar surface area (TPSA) is 21.3 Å². The van der Waals surface area contributed by atoms with Crippen LogP contribution >= 0.6 is 15.9 Å².